The van der Waals surface area contributed by atoms with Gasteiger partial charge in [0.1, 0.15) is 12.0 Å². The number of hydrogen-bond donors (Lipinski definition) is 1. The third-order valence-electron chi connectivity index (χ3n) is 3.33. The minimum Gasteiger partial charge on any atom is -0.367 e. The Kier molecular flexibility index (Phi) is 3.56. The molecule has 2 rings (SSSR count). The number of nitro groups is 1. The fourth-order valence-electron chi connectivity index (χ4n) is 2.19. The molecule has 92 valence electrons. The molecule has 1 heterocycles. The highest BCUT2D eigenvalue weighted by molar-refractivity contribution is 5.40. The van der Waals surface area contributed by atoms with Gasteiger partial charge in [-0.25, -0.2) is 4.98 Å². The van der Waals surface area contributed by atoms with Crippen LogP contribution >= 0.6 is 0 Å². The van der Waals surface area contributed by atoms with E-state index >= 15 is 0 Å². The minimum atomic E-state index is -0.431. The predicted molar refractivity (Wildman–Crippen MR) is 65.9 cm³/mol. The van der Waals surface area contributed by atoms with Gasteiger partial charge in [-0.05, 0) is 37.7 Å². The SMILES string of the molecule is CC1CCC(Nc2ccc([N+](=O)[O-])cn2)CC1. The van der Waals surface area contributed by atoms with E-state index in [1.54, 1.807) is 6.07 Å². The molecule has 0 atom stereocenters. The highest BCUT2D eigenvalue weighted by atomic mass is 16.6. The first-order valence-corrected chi connectivity index (χ1v) is 6.02. The normalized spacial score (nSPS) is 24.3. The van der Waals surface area contributed by atoms with Crippen LogP contribution in [0.1, 0.15) is 32.6 Å². The number of rotatable bonds is 3. The van der Waals surface area contributed by atoms with Crippen molar-refractivity contribution in [2.24, 2.45) is 5.92 Å². The Balaban J connectivity index is 1.92. The van der Waals surface area contributed by atoms with Crippen molar-refractivity contribution in [2.45, 2.75) is 38.6 Å². The molecule has 5 heteroatoms. The lowest BCUT2D eigenvalue weighted by atomic mass is 9.87. The molecule has 0 amide bonds. The van der Waals surface area contributed by atoms with E-state index in [0.29, 0.717) is 6.04 Å². The molecule has 0 saturated heterocycles. The van der Waals surface area contributed by atoms with Crippen molar-refractivity contribution in [1.29, 1.82) is 0 Å². The van der Waals surface area contributed by atoms with Crippen LogP contribution in [0, 0.1) is 16.0 Å². The molecule has 1 aliphatic carbocycles. The maximum Gasteiger partial charge on any atom is 0.287 e. The molecule has 1 N–H and O–H groups in total. The Morgan fingerprint density at radius 1 is 1.35 bits per heavy atom. The van der Waals surface area contributed by atoms with Gasteiger partial charge in [-0.3, -0.25) is 10.1 Å². The lowest BCUT2D eigenvalue weighted by Crippen LogP contribution is -2.25. The second-order valence-corrected chi connectivity index (χ2v) is 4.76. The topological polar surface area (TPSA) is 68.1 Å². The second kappa shape index (κ2) is 5.12. The van der Waals surface area contributed by atoms with Crippen molar-refractivity contribution in [3.63, 3.8) is 0 Å². The van der Waals surface area contributed by atoms with Crippen LogP contribution < -0.4 is 5.32 Å². The van der Waals surface area contributed by atoms with Gasteiger partial charge in [-0.15, -0.1) is 0 Å². The number of nitrogens with one attached hydrogen (secondary N) is 1. The Morgan fingerprint density at radius 3 is 2.59 bits per heavy atom. The first-order valence-electron chi connectivity index (χ1n) is 6.02. The predicted octanol–water partition coefficient (Wildman–Crippen LogP) is 2.98. The van der Waals surface area contributed by atoms with Crippen molar-refractivity contribution in [1.82, 2.24) is 4.98 Å². The molecule has 1 saturated carbocycles. The van der Waals surface area contributed by atoms with E-state index in [-0.39, 0.29) is 5.69 Å². The van der Waals surface area contributed by atoms with Gasteiger partial charge in [0, 0.05) is 12.1 Å². The molecule has 17 heavy (non-hydrogen) atoms. The molecular formula is C12H17N3O2. The Bertz CT molecular complexity index is 383. The number of nitrogens with zero attached hydrogens (tertiary/aromatic N) is 2. The third kappa shape index (κ3) is 3.15. The number of anilines is 1. The molecule has 0 unspecified atom stereocenters. The van der Waals surface area contributed by atoms with Gasteiger partial charge < -0.3 is 5.32 Å². The summed E-state index contributed by atoms with van der Waals surface area (Å²) in [6.45, 7) is 2.28. The zero-order chi connectivity index (χ0) is 12.3. The molecule has 0 radical (unpaired) electrons. The fraction of sp³-hybridized carbons (Fsp3) is 0.583. The number of hydrogen-bond acceptors (Lipinski definition) is 4. The first-order chi connectivity index (χ1) is 8.15. The van der Waals surface area contributed by atoms with Crippen molar-refractivity contribution in [3.8, 4) is 0 Å². The quantitative estimate of drug-likeness (QED) is 0.646. The van der Waals surface area contributed by atoms with Gasteiger partial charge in [0.2, 0.25) is 0 Å². The molecule has 5 nitrogen and oxygen atoms in total. The van der Waals surface area contributed by atoms with Crippen LogP contribution in [0.5, 0.6) is 0 Å². The van der Waals surface area contributed by atoms with E-state index in [1.807, 2.05) is 0 Å². The smallest absolute Gasteiger partial charge is 0.287 e. The van der Waals surface area contributed by atoms with Crippen LogP contribution in [0.2, 0.25) is 0 Å². The summed E-state index contributed by atoms with van der Waals surface area (Å²) in [7, 11) is 0. The van der Waals surface area contributed by atoms with Gasteiger partial charge >= 0.3 is 0 Å². The molecule has 1 aromatic rings. The van der Waals surface area contributed by atoms with E-state index in [4.69, 9.17) is 0 Å². The summed E-state index contributed by atoms with van der Waals surface area (Å²) in [5.74, 6) is 1.55. The Morgan fingerprint density at radius 2 is 2.06 bits per heavy atom. The minimum absolute atomic E-state index is 0.0350. The Hall–Kier alpha value is -1.65. The third-order valence-corrected chi connectivity index (χ3v) is 3.33. The fourth-order valence-corrected chi connectivity index (χ4v) is 2.19. The van der Waals surface area contributed by atoms with Crippen LogP contribution in [-0.4, -0.2) is 15.9 Å². The zero-order valence-corrected chi connectivity index (χ0v) is 9.93. The van der Waals surface area contributed by atoms with Crippen LogP contribution in [-0.2, 0) is 0 Å². The summed E-state index contributed by atoms with van der Waals surface area (Å²) in [4.78, 5) is 14.1. The summed E-state index contributed by atoms with van der Waals surface area (Å²) in [6, 6.07) is 3.62. The van der Waals surface area contributed by atoms with Gasteiger partial charge in [0.15, 0.2) is 0 Å². The summed E-state index contributed by atoms with van der Waals surface area (Å²) < 4.78 is 0. The molecule has 1 fully saturated rings. The van der Waals surface area contributed by atoms with Crippen molar-refractivity contribution >= 4 is 11.5 Å². The monoisotopic (exact) mass is 235 g/mol. The number of aromatic nitrogens is 1. The van der Waals surface area contributed by atoms with Gasteiger partial charge in [0.05, 0.1) is 4.92 Å². The Labute approximate surface area is 100 Å². The summed E-state index contributed by atoms with van der Waals surface area (Å²) in [6.07, 6.45) is 6.09. The summed E-state index contributed by atoms with van der Waals surface area (Å²) >= 11 is 0. The first kappa shape index (κ1) is 11.8. The molecule has 1 aliphatic rings. The van der Waals surface area contributed by atoms with Crippen molar-refractivity contribution in [2.75, 3.05) is 5.32 Å². The molecule has 0 bridgehead atoms. The lowest BCUT2D eigenvalue weighted by molar-refractivity contribution is -0.385. The van der Waals surface area contributed by atoms with E-state index < -0.39 is 4.92 Å². The summed E-state index contributed by atoms with van der Waals surface area (Å²) in [5, 5.41) is 13.8. The van der Waals surface area contributed by atoms with Crippen LogP contribution in [0.15, 0.2) is 18.3 Å². The van der Waals surface area contributed by atoms with E-state index in [1.165, 1.54) is 25.1 Å². The molecule has 0 aromatic carbocycles. The van der Waals surface area contributed by atoms with Crippen LogP contribution in [0.3, 0.4) is 0 Å². The highest BCUT2D eigenvalue weighted by Crippen LogP contribution is 2.25. The van der Waals surface area contributed by atoms with Crippen LogP contribution in [0.4, 0.5) is 11.5 Å². The average molecular weight is 235 g/mol. The maximum absolute atomic E-state index is 10.5. The largest absolute Gasteiger partial charge is 0.367 e. The second-order valence-electron chi connectivity index (χ2n) is 4.76. The lowest BCUT2D eigenvalue weighted by Gasteiger charge is -2.27. The molecule has 0 spiro atoms. The van der Waals surface area contributed by atoms with Gasteiger partial charge in [0.25, 0.3) is 5.69 Å². The molecule has 0 aliphatic heterocycles. The maximum atomic E-state index is 10.5. The molecular weight excluding hydrogens is 218 g/mol. The van der Waals surface area contributed by atoms with Gasteiger partial charge in [-0.1, -0.05) is 6.92 Å². The van der Waals surface area contributed by atoms with Crippen LogP contribution in [0.25, 0.3) is 0 Å². The average Bonchev–Trinajstić information content (AvgIpc) is 2.33. The van der Waals surface area contributed by atoms with Crippen molar-refractivity contribution < 1.29 is 4.92 Å². The van der Waals surface area contributed by atoms with Crippen molar-refractivity contribution in [3.05, 3.63) is 28.4 Å². The summed E-state index contributed by atoms with van der Waals surface area (Å²) in [5.41, 5.74) is 0.0350. The van der Waals surface area contributed by atoms with Gasteiger partial charge in [-0.2, -0.15) is 0 Å². The van der Waals surface area contributed by atoms with E-state index in [9.17, 15) is 10.1 Å². The highest BCUT2D eigenvalue weighted by Gasteiger charge is 2.18. The standard InChI is InChI=1S/C12H17N3O2/c1-9-2-4-10(5-3-9)14-12-7-6-11(8-13-12)15(16)17/h6-10H,2-5H2,1H3,(H,13,14). The zero-order valence-electron chi connectivity index (χ0n) is 9.93. The van der Waals surface area contributed by atoms with E-state index in [2.05, 4.69) is 17.2 Å². The molecule has 1 aromatic heterocycles. The number of pyridine rings is 1. The van der Waals surface area contributed by atoms with E-state index in [0.717, 1.165) is 24.6 Å².